The number of rotatable bonds is 35. The molecule has 0 aliphatic heterocycles. The lowest BCUT2D eigenvalue weighted by atomic mass is 10.1. The van der Waals surface area contributed by atoms with Crippen LogP contribution in [0.5, 0.6) is 0 Å². The largest absolute Gasteiger partial charge is 0.469 e. The van der Waals surface area contributed by atoms with E-state index < -0.39 is 101 Å². The summed E-state index contributed by atoms with van der Waals surface area (Å²) in [5.74, 6) is -5.39. The number of pyridine rings is 1. The lowest BCUT2D eigenvalue weighted by Crippen LogP contribution is -2.55. The second-order valence-electron chi connectivity index (χ2n) is 20.3. The Hall–Kier alpha value is -9.22. The predicted octanol–water partition coefficient (Wildman–Crippen LogP) is 1.74. The number of aryl methyl sites for hydroxylation is 5. The molecular formula is C59H77N11O17S. The average molecular weight is 1240 g/mol. The zero-order valence-electron chi connectivity index (χ0n) is 50.2. The first-order chi connectivity index (χ1) is 42.0. The summed E-state index contributed by atoms with van der Waals surface area (Å²) in [5.41, 5.74) is 2.77. The van der Waals surface area contributed by atoms with E-state index in [1.54, 1.807) is 96.0 Å². The van der Waals surface area contributed by atoms with E-state index in [-0.39, 0.29) is 80.6 Å². The van der Waals surface area contributed by atoms with E-state index >= 15 is 0 Å². The molecule has 0 radical (unpaired) electrons. The van der Waals surface area contributed by atoms with Gasteiger partial charge in [-0.05, 0) is 74.4 Å². The molecular weight excluding hydrogens is 1170 g/mol. The molecule has 0 saturated heterocycles. The molecule has 28 nitrogen and oxygen atoms in total. The molecule has 6 amide bonds. The van der Waals surface area contributed by atoms with Gasteiger partial charge in [-0.25, -0.2) is 18.2 Å². The zero-order valence-corrected chi connectivity index (χ0v) is 51.1. The number of nitrogens with zero attached hydrogens (tertiary/aromatic N) is 3. The van der Waals surface area contributed by atoms with Crippen molar-refractivity contribution < 1.29 is 75.3 Å². The van der Waals surface area contributed by atoms with Crippen LogP contribution in [0, 0.1) is 20.8 Å². The third kappa shape index (κ3) is 21.9. The smallest absolute Gasteiger partial charge is 0.408 e. The van der Waals surface area contributed by atoms with Crippen molar-refractivity contribution in [2.75, 3.05) is 66.0 Å². The number of fused-ring (bicyclic) bond motifs is 1. The zero-order chi connectivity index (χ0) is 64.3. The summed E-state index contributed by atoms with van der Waals surface area (Å²) in [6.07, 6.45) is 3.45. The first-order valence-electron chi connectivity index (χ1n) is 28.2. The Kier molecular flexibility index (Phi) is 27.5. The maximum Gasteiger partial charge on any atom is 0.408 e. The minimum absolute atomic E-state index is 0.0223. The van der Waals surface area contributed by atoms with Crippen molar-refractivity contribution in [1.29, 1.82) is 0 Å². The Morgan fingerprint density at radius 1 is 0.682 bits per heavy atom. The minimum Gasteiger partial charge on any atom is -0.469 e. The van der Waals surface area contributed by atoms with Crippen LogP contribution in [0.25, 0.3) is 10.9 Å². The van der Waals surface area contributed by atoms with Gasteiger partial charge in [0.2, 0.25) is 45.0 Å². The van der Waals surface area contributed by atoms with E-state index in [2.05, 4.69) is 56.4 Å². The minimum atomic E-state index is -4.30. The second kappa shape index (κ2) is 34.8. The summed E-state index contributed by atoms with van der Waals surface area (Å²) in [6, 6.07) is 12.7. The van der Waals surface area contributed by atoms with Crippen molar-refractivity contribution in [2.24, 2.45) is 7.05 Å². The van der Waals surface area contributed by atoms with Gasteiger partial charge >= 0.3 is 24.0 Å². The van der Waals surface area contributed by atoms with Gasteiger partial charge in [-0.1, -0.05) is 54.1 Å². The third-order valence-corrected chi connectivity index (χ3v) is 15.2. The predicted molar refractivity (Wildman–Crippen MR) is 320 cm³/mol. The van der Waals surface area contributed by atoms with Gasteiger partial charge in [0.05, 0.1) is 44.6 Å². The highest BCUT2D eigenvalue weighted by Gasteiger charge is 2.32. The summed E-state index contributed by atoms with van der Waals surface area (Å²) in [5, 5.41) is 18.8. The van der Waals surface area contributed by atoms with Crippen molar-refractivity contribution in [1.82, 2.24) is 50.7 Å². The van der Waals surface area contributed by atoms with Crippen LogP contribution >= 0.6 is 0 Å². The fraction of sp³-hybridized carbons (Fsp3) is 0.441. The first-order valence-corrected chi connectivity index (χ1v) is 29.7. The van der Waals surface area contributed by atoms with E-state index in [0.29, 0.717) is 54.0 Å². The van der Waals surface area contributed by atoms with Gasteiger partial charge in [0.15, 0.2) is 0 Å². The molecule has 3 atom stereocenters. The normalized spacial score (nSPS) is 12.1. The highest BCUT2D eigenvalue weighted by atomic mass is 32.2. The topological polar surface area (TPSA) is 370 Å². The van der Waals surface area contributed by atoms with Gasteiger partial charge in [-0.3, -0.25) is 43.2 Å². The first kappa shape index (κ1) is 69.6. The molecule has 8 N–H and O–H groups in total. The van der Waals surface area contributed by atoms with Crippen LogP contribution in [0.4, 0.5) is 10.7 Å². The molecule has 0 aliphatic carbocycles. The number of sulfonamides is 1. The van der Waals surface area contributed by atoms with Crippen LogP contribution in [0.2, 0.25) is 0 Å². The Morgan fingerprint density at radius 2 is 1.30 bits per heavy atom. The van der Waals surface area contributed by atoms with E-state index in [0.717, 1.165) is 32.5 Å². The Bertz CT molecular complexity index is 3420. The standard InChI is InChI=1S/C59H77N11O17S/c1-37-28-38(2)53(39(3)29-37)88(81,82)68-46(57(79)85-7)34-64-54(76)43-35-70(47-30-41(16-17-42(47)52(43)75)33-65-58-63-23-25-69(58)4)24-11-20-60-48(71)18-19-49(72)61-21-12-26-86-27-13-22-62-55(77)44(31-50(73)83-5)66-56(78)45(32-51(74)84-6)67-59(80)87-36-40-14-9-8-10-15-40/h8-10,14-17,23,25,28-30,35,44-46,68H,11-13,18-22,24,26-27,31-34,36H2,1-7H3,(H,60,71)(H,61,72)(H,62,77)(H,63,65)(H,64,76)(H,66,78)(H,67,80)/t44-,45-,46+/m1/s1. The maximum atomic E-state index is 14.0. The van der Waals surface area contributed by atoms with Gasteiger partial charge in [0.1, 0.15) is 30.3 Å². The average Bonchev–Trinajstić information content (AvgIpc) is 2.15. The lowest BCUT2D eigenvalue weighted by Gasteiger charge is -2.22. The highest BCUT2D eigenvalue weighted by Crippen LogP contribution is 2.23. The quantitative estimate of drug-likeness (QED) is 0.0163. The van der Waals surface area contributed by atoms with Crippen LogP contribution in [0.3, 0.4) is 0 Å². The van der Waals surface area contributed by atoms with Crippen molar-refractivity contribution in [3.8, 4) is 0 Å². The fourth-order valence-corrected chi connectivity index (χ4v) is 10.7. The molecule has 5 rings (SSSR count). The molecule has 29 heteroatoms. The van der Waals surface area contributed by atoms with Gasteiger partial charge in [-0.15, -0.1) is 0 Å². The molecule has 476 valence electrons. The lowest BCUT2D eigenvalue weighted by molar-refractivity contribution is -0.145. The van der Waals surface area contributed by atoms with E-state index in [1.165, 1.54) is 6.20 Å². The summed E-state index contributed by atoms with van der Waals surface area (Å²) in [7, 11) is 0.802. The molecule has 0 saturated carbocycles. The summed E-state index contributed by atoms with van der Waals surface area (Å²) >= 11 is 0. The Morgan fingerprint density at radius 3 is 1.90 bits per heavy atom. The van der Waals surface area contributed by atoms with Gasteiger partial charge in [-0.2, -0.15) is 4.72 Å². The van der Waals surface area contributed by atoms with Crippen molar-refractivity contribution >= 4 is 80.4 Å². The van der Waals surface area contributed by atoms with Crippen molar-refractivity contribution in [3.05, 3.63) is 123 Å². The summed E-state index contributed by atoms with van der Waals surface area (Å²) in [4.78, 5) is 134. The number of hydrogen-bond donors (Lipinski definition) is 8. The number of benzene rings is 3. The number of aromatic nitrogens is 3. The van der Waals surface area contributed by atoms with Crippen LogP contribution < -0.4 is 47.4 Å². The summed E-state index contributed by atoms with van der Waals surface area (Å²) in [6.45, 7) is 5.86. The number of ether oxygens (including phenoxy) is 5. The SMILES string of the molecule is COC(=O)C[C@@H](NC(=O)OCc1ccccc1)C(=O)N[C@H](CC(=O)OC)C(=O)NCCCOCCCNC(=O)CCC(=O)NCCCn1cc(C(=O)NC[C@H](NS(=O)(=O)c2c(C)cc(C)cc2C)C(=O)OC)c(=O)c2ccc(CNc3nccn3C)cc21. The van der Waals surface area contributed by atoms with E-state index in [1.807, 2.05) is 14.0 Å². The maximum absolute atomic E-state index is 14.0. The van der Waals surface area contributed by atoms with E-state index in [9.17, 15) is 56.4 Å². The fourth-order valence-electron chi connectivity index (χ4n) is 9.04. The molecule has 0 aliphatic rings. The van der Waals surface area contributed by atoms with Gasteiger partial charge in [0.25, 0.3) is 5.91 Å². The molecule has 5 aromatic rings. The van der Waals surface area contributed by atoms with Crippen LogP contribution in [0.1, 0.15) is 83.1 Å². The number of anilines is 1. The van der Waals surface area contributed by atoms with Crippen LogP contribution in [-0.4, -0.2) is 155 Å². The highest BCUT2D eigenvalue weighted by molar-refractivity contribution is 7.89. The van der Waals surface area contributed by atoms with Crippen molar-refractivity contribution in [3.63, 3.8) is 0 Å². The van der Waals surface area contributed by atoms with E-state index in [4.69, 9.17) is 14.2 Å². The van der Waals surface area contributed by atoms with Crippen molar-refractivity contribution in [2.45, 2.75) is 108 Å². The number of amides is 6. The molecule has 3 aromatic carbocycles. The van der Waals surface area contributed by atoms with Crippen LogP contribution in [-0.2, 0) is 94.0 Å². The van der Waals surface area contributed by atoms with Crippen LogP contribution in [0.15, 0.2) is 88.9 Å². The number of carbonyl (C=O) groups is 9. The second-order valence-corrected chi connectivity index (χ2v) is 22.0. The third-order valence-electron chi connectivity index (χ3n) is 13.5. The number of methoxy groups -OCH3 is 3. The molecule has 0 spiro atoms. The molecule has 0 fully saturated rings. The molecule has 2 aromatic heterocycles. The summed E-state index contributed by atoms with van der Waals surface area (Å²) < 4.78 is 58.1. The van der Waals surface area contributed by atoms with Gasteiger partial charge in [0, 0.05) is 96.3 Å². The monoisotopic (exact) mass is 1240 g/mol. The number of esters is 3. The number of imidazole rings is 1. The Balaban J connectivity index is 1.06. The molecule has 0 bridgehead atoms. The molecule has 88 heavy (non-hydrogen) atoms. The number of alkyl carbamates (subject to hydrolysis) is 1. The van der Waals surface area contributed by atoms with Gasteiger partial charge < -0.3 is 70.0 Å². The number of hydrogen-bond acceptors (Lipinski definition) is 19. The molecule has 2 heterocycles. The Labute approximate surface area is 508 Å². The number of carbonyl (C=O) groups excluding carboxylic acids is 9. The molecule has 0 unspecified atom stereocenters. The number of nitrogens with one attached hydrogen (secondary N) is 8.